The predicted molar refractivity (Wildman–Crippen MR) is 215 cm³/mol. The standard InChI is InChI=1S/C23H20N4O3.C20H22N4O3/c1-2-21(28)26-12-16-4-3-5-18(17(16)13-26)25-22(29)15-7-6-14-10-20-23(30)24-8-9-27(20)19(14)11-15;1-2-18(25)22-14-4-3-5-15(14)23-19(26)13-7-6-12-10-17-20(27)21-8-9-24(17)16(12)11-13/h2-7,10-11H,1,8-9,12-13H2,(H,24,30)(H,25,29);2,6-7,10-11,14-15H,1,3-5,8-9H2,(H,21,27)(H,22,25)(H,23,26). The summed E-state index contributed by atoms with van der Waals surface area (Å²) in [4.78, 5) is 75.1. The molecule has 14 heteroatoms. The van der Waals surface area contributed by atoms with Crippen LogP contribution in [-0.2, 0) is 35.8 Å². The maximum absolute atomic E-state index is 13.0. The molecule has 1 fully saturated rings. The molecule has 2 aromatic heterocycles. The molecule has 0 saturated heterocycles. The van der Waals surface area contributed by atoms with E-state index in [0.717, 1.165) is 52.2 Å². The fraction of sp³-hybridized carbons (Fsp3) is 0.256. The first kappa shape index (κ1) is 37.0. The van der Waals surface area contributed by atoms with Crippen LogP contribution in [0, 0.1) is 0 Å². The van der Waals surface area contributed by atoms with E-state index < -0.39 is 0 Å². The molecule has 0 spiro atoms. The molecule has 6 amide bonds. The highest BCUT2D eigenvalue weighted by Gasteiger charge is 2.30. The number of carbonyl (C=O) groups excluding carboxylic acids is 6. The van der Waals surface area contributed by atoms with Gasteiger partial charge in [-0.25, -0.2) is 0 Å². The highest BCUT2D eigenvalue weighted by Crippen LogP contribution is 2.31. The van der Waals surface area contributed by atoms with Crippen LogP contribution in [0.25, 0.3) is 21.8 Å². The number of rotatable bonds is 7. The predicted octanol–water partition coefficient (Wildman–Crippen LogP) is 4.00. The third-order valence-corrected chi connectivity index (χ3v) is 11.1. The second kappa shape index (κ2) is 15.3. The zero-order chi connectivity index (χ0) is 39.8. The van der Waals surface area contributed by atoms with Gasteiger partial charge >= 0.3 is 0 Å². The minimum Gasteiger partial charge on any atom is -0.349 e. The molecule has 3 aromatic carbocycles. The van der Waals surface area contributed by atoms with Gasteiger partial charge in [-0.2, -0.15) is 0 Å². The quantitative estimate of drug-likeness (QED) is 0.157. The summed E-state index contributed by atoms with van der Waals surface area (Å²) < 4.78 is 3.90. The monoisotopic (exact) mass is 766 g/mol. The highest BCUT2D eigenvalue weighted by atomic mass is 16.2. The maximum Gasteiger partial charge on any atom is 0.268 e. The molecule has 1 saturated carbocycles. The minimum atomic E-state index is -0.227. The lowest BCUT2D eigenvalue weighted by molar-refractivity contribution is -0.126. The molecular weight excluding hydrogens is 725 g/mol. The molecule has 290 valence electrons. The van der Waals surface area contributed by atoms with Crippen molar-refractivity contribution in [2.24, 2.45) is 0 Å². The van der Waals surface area contributed by atoms with Gasteiger partial charge in [0.2, 0.25) is 11.8 Å². The van der Waals surface area contributed by atoms with Gasteiger partial charge in [0, 0.05) is 95.5 Å². The lowest BCUT2D eigenvalue weighted by Crippen LogP contribution is -2.48. The van der Waals surface area contributed by atoms with E-state index in [1.165, 1.54) is 12.2 Å². The largest absolute Gasteiger partial charge is 0.349 e. The SMILES string of the molecule is C=CC(=O)N1Cc2cccc(NC(=O)c3ccc4cc5n(c4c3)CCNC5=O)c2C1.C=CC(=O)NC1CCCC1NC(=O)c1ccc2cc3n(c2c1)CCNC3=O. The van der Waals surface area contributed by atoms with Crippen molar-refractivity contribution in [3.63, 3.8) is 0 Å². The lowest BCUT2D eigenvalue weighted by Gasteiger charge is -2.22. The first-order valence-electron chi connectivity index (χ1n) is 19.0. The van der Waals surface area contributed by atoms with Gasteiger partial charge in [-0.15, -0.1) is 0 Å². The first-order chi connectivity index (χ1) is 27.6. The zero-order valence-electron chi connectivity index (χ0n) is 31.2. The Hall–Kier alpha value is -6.96. The van der Waals surface area contributed by atoms with Crippen LogP contribution >= 0.6 is 0 Å². The summed E-state index contributed by atoms with van der Waals surface area (Å²) in [6.45, 7) is 10.5. The summed E-state index contributed by atoms with van der Waals surface area (Å²) in [7, 11) is 0. The summed E-state index contributed by atoms with van der Waals surface area (Å²) in [6.07, 6.45) is 5.17. The smallest absolute Gasteiger partial charge is 0.268 e. The Morgan fingerprint density at radius 3 is 1.89 bits per heavy atom. The topological polar surface area (TPSA) is 176 Å². The zero-order valence-corrected chi connectivity index (χ0v) is 31.2. The van der Waals surface area contributed by atoms with Crippen molar-refractivity contribution in [2.75, 3.05) is 18.4 Å². The molecule has 5 heterocycles. The Bertz CT molecular complexity index is 2530. The Morgan fingerprint density at radius 1 is 0.702 bits per heavy atom. The third-order valence-electron chi connectivity index (χ3n) is 11.1. The number of hydrogen-bond acceptors (Lipinski definition) is 6. The maximum atomic E-state index is 13.0. The van der Waals surface area contributed by atoms with Crippen LogP contribution in [0.15, 0.2) is 92.0 Å². The van der Waals surface area contributed by atoms with E-state index in [0.29, 0.717) is 67.5 Å². The molecule has 14 nitrogen and oxygen atoms in total. The first-order valence-corrected chi connectivity index (χ1v) is 19.0. The van der Waals surface area contributed by atoms with E-state index >= 15 is 0 Å². The number of nitrogens with zero attached hydrogens (tertiary/aromatic N) is 3. The molecule has 57 heavy (non-hydrogen) atoms. The van der Waals surface area contributed by atoms with Gasteiger partial charge in [0.25, 0.3) is 23.6 Å². The number of hydrogen-bond donors (Lipinski definition) is 5. The van der Waals surface area contributed by atoms with Gasteiger partial charge in [-0.3, -0.25) is 28.8 Å². The summed E-state index contributed by atoms with van der Waals surface area (Å²) in [6, 6.07) is 20.1. The Kier molecular flexibility index (Phi) is 9.92. The molecule has 0 radical (unpaired) electrons. The van der Waals surface area contributed by atoms with Gasteiger partial charge in [0.15, 0.2) is 0 Å². The van der Waals surface area contributed by atoms with Gasteiger partial charge in [0.05, 0.1) is 0 Å². The lowest BCUT2D eigenvalue weighted by atomic mass is 10.1. The second-order valence-corrected chi connectivity index (χ2v) is 14.5. The van der Waals surface area contributed by atoms with E-state index in [2.05, 4.69) is 39.7 Å². The average Bonchev–Trinajstić information content (AvgIpc) is 4.03. The molecule has 9 rings (SSSR count). The molecule has 3 aliphatic heterocycles. The van der Waals surface area contributed by atoms with Gasteiger partial charge in [0.1, 0.15) is 11.4 Å². The van der Waals surface area contributed by atoms with Crippen molar-refractivity contribution in [3.8, 4) is 0 Å². The molecule has 1 aliphatic carbocycles. The molecular formula is C43H42N8O6. The van der Waals surface area contributed by atoms with E-state index in [-0.39, 0.29) is 47.5 Å². The molecule has 4 aliphatic rings. The molecule has 5 aromatic rings. The van der Waals surface area contributed by atoms with E-state index in [9.17, 15) is 28.8 Å². The summed E-state index contributed by atoms with van der Waals surface area (Å²) in [5.41, 5.74) is 6.72. The fourth-order valence-corrected chi connectivity index (χ4v) is 8.21. The number of anilines is 1. The second-order valence-electron chi connectivity index (χ2n) is 14.5. The minimum absolute atomic E-state index is 0.0760. The van der Waals surface area contributed by atoms with Crippen LogP contribution in [0.3, 0.4) is 0 Å². The van der Waals surface area contributed by atoms with E-state index in [1.54, 1.807) is 17.0 Å². The number of benzene rings is 3. The highest BCUT2D eigenvalue weighted by molar-refractivity contribution is 6.08. The Labute approximate surface area is 327 Å². The van der Waals surface area contributed by atoms with Crippen molar-refractivity contribution in [1.82, 2.24) is 35.3 Å². The van der Waals surface area contributed by atoms with Crippen molar-refractivity contribution >= 4 is 62.9 Å². The van der Waals surface area contributed by atoms with Crippen LogP contribution in [0.2, 0.25) is 0 Å². The van der Waals surface area contributed by atoms with Gasteiger partial charge in [-0.05, 0) is 79.4 Å². The fourth-order valence-electron chi connectivity index (χ4n) is 8.21. The molecule has 2 atom stereocenters. The van der Waals surface area contributed by atoms with Crippen molar-refractivity contribution in [2.45, 2.75) is 57.5 Å². The normalized spacial score (nSPS) is 17.9. The summed E-state index contributed by atoms with van der Waals surface area (Å²) >= 11 is 0. The van der Waals surface area contributed by atoms with Gasteiger partial charge < -0.3 is 40.6 Å². The Balaban J connectivity index is 0.000000161. The van der Waals surface area contributed by atoms with E-state index in [4.69, 9.17) is 0 Å². The van der Waals surface area contributed by atoms with Crippen LogP contribution in [0.4, 0.5) is 5.69 Å². The number of aromatic nitrogens is 2. The molecule has 2 unspecified atom stereocenters. The molecule has 5 N–H and O–H groups in total. The number of fused-ring (bicyclic) bond motifs is 7. The molecule has 0 bridgehead atoms. The number of amides is 6. The van der Waals surface area contributed by atoms with Crippen molar-refractivity contribution < 1.29 is 28.8 Å². The number of nitrogens with one attached hydrogen (secondary N) is 5. The van der Waals surface area contributed by atoms with Crippen molar-refractivity contribution in [1.29, 1.82) is 0 Å². The van der Waals surface area contributed by atoms with Crippen molar-refractivity contribution in [3.05, 3.63) is 126 Å². The van der Waals surface area contributed by atoms with Gasteiger partial charge in [-0.1, -0.05) is 37.4 Å². The average molecular weight is 767 g/mol. The van der Waals surface area contributed by atoms with Crippen LogP contribution in [0.1, 0.15) is 72.1 Å². The van der Waals surface area contributed by atoms with Crippen LogP contribution < -0.4 is 26.6 Å². The third kappa shape index (κ3) is 7.17. The number of carbonyl (C=O) groups is 6. The summed E-state index contributed by atoms with van der Waals surface area (Å²) in [5, 5.41) is 16.5. The van der Waals surface area contributed by atoms with E-state index in [1.807, 2.05) is 63.7 Å². The summed E-state index contributed by atoms with van der Waals surface area (Å²) in [5.74, 6) is -0.930. The van der Waals surface area contributed by atoms with Crippen LogP contribution in [-0.4, -0.2) is 74.7 Å². The Morgan fingerprint density at radius 2 is 1.30 bits per heavy atom. The van der Waals surface area contributed by atoms with Crippen LogP contribution in [0.5, 0.6) is 0 Å².